The quantitative estimate of drug-likeness (QED) is 0.437. The van der Waals surface area contributed by atoms with E-state index in [2.05, 4.69) is 0 Å². The van der Waals surface area contributed by atoms with Crippen LogP contribution in [0.4, 0.5) is 5.69 Å². The molecule has 0 unspecified atom stereocenters. The smallest absolute Gasteiger partial charge is 0.217 e. The average Bonchev–Trinajstić information content (AvgIpc) is 2.71. The van der Waals surface area contributed by atoms with Crippen LogP contribution in [0.2, 0.25) is 0 Å². The lowest BCUT2D eigenvalue weighted by molar-refractivity contribution is 0.466. The van der Waals surface area contributed by atoms with Crippen molar-refractivity contribution in [3.63, 3.8) is 0 Å². The molecule has 0 aliphatic rings. The number of phenols is 2. The minimum atomic E-state index is -0.910. The molecule has 22 heavy (non-hydrogen) atoms. The van der Waals surface area contributed by atoms with Gasteiger partial charge in [-0.1, -0.05) is 0 Å². The Morgan fingerprint density at radius 1 is 0.636 bits per heavy atom. The van der Waals surface area contributed by atoms with Crippen molar-refractivity contribution in [1.82, 2.24) is 0 Å². The number of hydrogen-bond donors (Lipinski definition) is 4. The van der Waals surface area contributed by atoms with E-state index in [1.807, 2.05) is 0 Å². The molecular formula is C15H11NO6. The summed E-state index contributed by atoms with van der Waals surface area (Å²) in [5.41, 5.74) is 2.84. The molecule has 0 fully saturated rings. The maximum absolute atomic E-state index is 12.3. The highest BCUT2D eigenvalue weighted by Gasteiger charge is 2.27. The normalized spacial score (nSPS) is 11.5. The molecule has 3 aromatic carbocycles. The maximum Gasteiger partial charge on any atom is 0.217 e. The Morgan fingerprint density at radius 2 is 1.00 bits per heavy atom. The minimum Gasteiger partial charge on any atom is -0.506 e. The fraction of sp³-hybridized carbons (Fsp3) is 0.133. The van der Waals surface area contributed by atoms with Gasteiger partial charge in [0.2, 0.25) is 5.43 Å². The van der Waals surface area contributed by atoms with E-state index >= 15 is 0 Å². The fourth-order valence-electron chi connectivity index (χ4n) is 2.71. The van der Waals surface area contributed by atoms with Crippen LogP contribution in [0.15, 0.2) is 14.4 Å². The van der Waals surface area contributed by atoms with Crippen molar-refractivity contribution in [2.75, 3.05) is 5.73 Å². The van der Waals surface area contributed by atoms with Gasteiger partial charge in [-0.15, -0.1) is 0 Å². The summed E-state index contributed by atoms with van der Waals surface area (Å²) in [5.74, 6) is -2.22. The first-order valence-electron chi connectivity index (χ1n) is 6.32. The van der Waals surface area contributed by atoms with Gasteiger partial charge in [0.1, 0.15) is 17.2 Å². The van der Waals surface area contributed by atoms with Gasteiger partial charge in [0.05, 0.1) is 21.5 Å². The number of fused-ring (bicyclic) bond motifs is 2. The van der Waals surface area contributed by atoms with Gasteiger partial charge in [-0.25, -0.2) is 0 Å². The summed E-state index contributed by atoms with van der Waals surface area (Å²) in [6, 6.07) is 0. The monoisotopic (exact) mass is 301 g/mol. The summed E-state index contributed by atoms with van der Waals surface area (Å²) < 4.78 is 0. The molecule has 0 saturated carbocycles. The van der Waals surface area contributed by atoms with Crippen LogP contribution in [-0.2, 0) is 0 Å². The summed E-state index contributed by atoms with van der Waals surface area (Å²) in [5, 5.41) is 28.6. The first kappa shape index (κ1) is 13.9. The van der Waals surface area contributed by atoms with E-state index in [0.29, 0.717) is 0 Å². The second kappa shape index (κ2) is 3.97. The predicted molar refractivity (Wildman–Crippen MR) is 81.5 cm³/mol. The number of anilines is 1. The third-order valence-electron chi connectivity index (χ3n) is 4.11. The standard InChI is InChI=1S/C15H11NO6/c1-3-4(2)11(18)6-5(10(3)17)12(19)7-8(13(6)20)15(22)9(16)14(7)21/h19-20H,1-2H3,(H3,16,21,22). The molecule has 0 spiro atoms. The van der Waals surface area contributed by atoms with Gasteiger partial charge < -0.3 is 21.1 Å². The molecule has 5 N–H and O–H groups in total. The highest BCUT2D eigenvalue weighted by molar-refractivity contribution is 6.15. The van der Waals surface area contributed by atoms with E-state index in [0.717, 1.165) is 0 Å². The zero-order valence-corrected chi connectivity index (χ0v) is 11.6. The van der Waals surface area contributed by atoms with E-state index in [4.69, 9.17) is 5.73 Å². The average molecular weight is 301 g/mol. The maximum atomic E-state index is 12.3. The van der Waals surface area contributed by atoms with Crippen LogP contribution in [0.3, 0.4) is 0 Å². The van der Waals surface area contributed by atoms with Gasteiger partial charge in [-0.05, 0) is 13.8 Å². The van der Waals surface area contributed by atoms with E-state index in [-0.39, 0.29) is 11.1 Å². The second-order valence-corrected chi connectivity index (χ2v) is 5.20. The van der Waals surface area contributed by atoms with Gasteiger partial charge >= 0.3 is 0 Å². The van der Waals surface area contributed by atoms with Crippen molar-refractivity contribution in [1.29, 1.82) is 0 Å². The van der Waals surface area contributed by atoms with E-state index in [9.17, 15) is 29.7 Å². The largest absolute Gasteiger partial charge is 0.506 e. The van der Waals surface area contributed by atoms with Gasteiger partial charge in [-0.3, -0.25) is 14.4 Å². The predicted octanol–water partition coefficient (Wildman–Crippen LogP) is 0.265. The van der Waals surface area contributed by atoms with E-state index < -0.39 is 60.8 Å². The number of rotatable bonds is 0. The van der Waals surface area contributed by atoms with Crippen molar-refractivity contribution in [3.8, 4) is 17.2 Å². The van der Waals surface area contributed by atoms with E-state index in [1.165, 1.54) is 13.8 Å². The summed E-state index contributed by atoms with van der Waals surface area (Å²) in [4.78, 5) is 36.6. The number of hydrogen-bond acceptors (Lipinski definition) is 7. The highest BCUT2D eigenvalue weighted by Crippen LogP contribution is 2.44. The van der Waals surface area contributed by atoms with Crippen LogP contribution in [0.5, 0.6) is 17.2 Å². The molecule has 112 valence electrons. The molecule has 0 aliphatic heterocycles. The van der Waals surface area contributed by atoms with Crippen molar-refractivity contribution >= 4 is 27.2 Å². The number of aromatic hydroxyl groups is 3. The first-order chi connectivity index (χ1) is 10.2. The molecule has 3 aromatic rings. The number of benzene rings is 2. The number of nitrogens with two attached hydrogens (primary N) is 1. The molecular weight excluding hydrogens is 290 g/mol. The molecule has 0 aromatic heterocycles. The Morgan fingerprint density at radius 3 is 1.45 bits per heavy atom. The Kier molecular flexibility index (Phi) is 2.50. The van der Waals surface area contributed by atoms with Crippen molar-refractivity contribution < 1.29 is 15.3 Å². The van der Waals surface area contributed by atoms with Crippen LogP contribution in [0.1, 0.15) is 11.1 Å². The van der Waals surface area contributed by atoms with Gasteiger partial charge in [0, 0.05) is 11.1 Å². The molecule has 0 aliphatic carbocycles. The van der Waals surface area contributed by atoms with Gasteiger partial charge in [0.25, 0.3) is 0 Å². The second-order valence-electron chi connectivity index (χ2n) is 5.20. The Labute approximate surface area is 122 Å². The van der Waals surface area contributed by atoms with E-state index in [1.54, 1.807) is 0 Å². The topological polar surface area (TPSA) is 138 Å². The molecule has 0 radical (unpaired) electrons. The Balaban J connectivity index is 2.90. The Bertz CT molecular complexity index is 1140. The highest BCUT2D eigenvalue weighted by atomic mass is 16.3. The van der Waals surface area contributed by atoms with Gasteiger partial charge in [-0.2, -0.15) is 0 Å². The molecule has 3 rings (SSSR count). The van der Waals surface area contributed by atoms with Crippen molar-refractivity contribution in [2.24, 2.45) is 0 Å². The summed E-state index contributed by atoms with van der Waals surface area (Å²) in [7, 11) is 0. The van der Waals surface area contributed by atoms with Crippen molar-refractivity contribution in [2.45, 2.75) is 13.8 Å². The fourth-order valence-corrected chi connectivity index (χ4v) is 2.71. The third-order valence-corrected chi connectivity index (χ3v) is 4.11. The SMILES string of the molecule is Cc1c(C)c(=O)c2c(O)c3c(=O)c(N)c(O)c3c(O)c2c1=O. The molecule has 0 saturated heterocycles. The third kappa shape index (κ3) is 1.32. The van der Waals surface area contributed by atoms with Gasteiger partial charge in [0.15, 0.2) is 16.6 Å². The van der Waals surface area contributed by atoms with Crippen LogP contribution in [0, 0.1) is 13.8 Å². The first-order valence-corrected chi connectivity index (χ1v) is 6.32. The molecule has 0 heterocycles. The minimum absolute atomic E-state index is 0.114. The molecule has 7 heteroatoms. The zero-order valence-electron chi connectivity index (χ0n) is 11.6. The molecule has 7 nitrogen and oxygen atoms in total. The zero-order chi connectivity index (χ0) is 16.5. The summed E-state index contributed by atoms with van der Waals surface area (Å²) in [6.45, 7) is 2.82. The molecule has 0 bridgehead atoms. The summed E-state index contributed by atoms with van der Waals surface area (Å²) >= 11 is 0. The van der Waals surface area contributed by atoms with Crippen LogP contribution in [0.25, 0.3) is 21.5 Å². The lowest BCUT2D eigenvalue weighted by atomic mass is 9.97. The number of nitrogen functional groups attached to an aromatic ring is 1. The summed E-state index contributed by atoms with van der Waals surface area (Å²) in [6.07, 6.45) is 0. The Hall–Kier alpha value is -3.09. The number of phenolic OH excluding ortho intramolecular Hbond substituents is 2. The lowest BCUT2D eigenvalue weighted by Crippen LogP contribution is -2.19. The van der Waals surface area contributed by atoms with Crippen LogP contribution < -0.4 is 22.0 Å². The molecule has 0 amide bonds. The molecule has 0 atom stereocenters. The lowest BCUT2D eigenvalue weighted by Gasteiger charge is -2.08. The van der Waals surface area contributed by atoms with Crippen molar-refractivity contribution in [3.05, 3.63) is 41.8 Å². The van der Waals surface area contributed by atoms with Crippen LogP contribution >= 0.6 is 0 Å². The van der Waals surface area contributed by atoms with Crippen LogP contribution in [-0.4, -0.2) is 15.3 Å².